The van der Waals surface area contributed by atoms with E-state index in [0.29, 0.717) is 16.9 Å². The van der Waals surface area contributed by atoms with Gasteiger partial charge in [0.2, 0.25) is 5.78 Å². The molecular weight excluding hydrogens is 512 g/mol. The third kappa shape index (κ3) is 3.32. The Labute approximate surface area is 232 Å². The van der Waals surface area contributed by atoms with Crippen LogP contribution in [0.3, 0.4) is 0 Å². The quantitative estimate of drug-likeness (QED) is 0.398. The number of rotatable bonds is 4. The Kier molecular flexibility index (Phi) is 6.08. The maximum atomic E-state index is 14.4. The normalized spacial score (nSPS) is 29.8. The van der Waals surface area contributed by atoms with Gasteiger partial charge in [-0.3, -0.25) is 14.4 Å². The molecule has 0 aliphatic heterocycles. The Morgan fingerprint density at radius 2 is 1.68 bits per heavy atom. The second-order valence-electron chi connectivity index (χ2n) is 12.1. The smallest absolute Gasteiger partial charge is 0.203 e. The Bertz CT molecular complexity index is 1560. The fourth-order valence-corrected chi connectivity index (χ4v) is 7.84. The summed E-state index contributed by atoms with van der Waals surface area (Å²) in [5.74, 6) is -4.84. The molecule has 0 saturated heterocycles. The Hall–Kier alpha value is -3.91. The van der Waals surface area contributed by atoms with Gasteiger partial charge in [0.25, 0.3) is 0 Å². The monoisotopic (exact) mass is 546 g/mol. The predicted molar refractivity (Wildman–Crippen MR) is 148 cm³/mol. The first-order valence-electron chi connectivity index (χ1n) is 13.3. The van der Waals surface area contributed by atoms with Crippen molar-refractivity contribution >= 4 is 23.1 Å². The van der Waals surface area contributed by atoms with Crippen LogP contribution in [-0.4, -0.2) is 50.5 Å². The number of aliphatic hydroxyl groups is 3. The molecule has 0 bridgehead atoms. The molecule has 210 valence electrons. The fourth-order valence-electron chi connectivity index (χ4n) is 7.84. The van der Waals surface area contributed by atoms with Crippen LogP contribution in [0.15, 0.2) is 53.3 Å². The van der Waals surface area contributed by atoms with Gasteiger partial charge in [0.1, 0.15) is 28.6 Å². The van der Waals surface area contributed by atoms with Gasteiger partial charge < -0.3 is 25.2 Å². The fraction of sp³-hybridized carbons (Fsp3) is 0.406. The van der Waals surface area contributed by atoms with Crippen LogP contribution in [0, 0.1) is 22.7 Å². The number of aliphatic hydroxyl groups excluding tert-OH is 2. The average molecular weight is 547 g/mol. The molecule has 8 nitrogen and oxygen atoms in total. The lowest BCUT2D eigenvalue weighted by Gasteiger charge is -2.59. The van der Waals surface area contributed by atoms with Crippen molar-refractivity contribution in [3.63, 3.8) is 0 Å². The molecule has 1 fully saturated rings. The van der Waals surface area contributed by atoms with E-state index < -0.39 is 56.8 Å². The summed E-state index contributed by atoms with van der Waals surface area (Å²) in [6, 6.07) is 10.5. The van der Waals surface area contributed by atoms with Gasteiger partial charge in [0.15, 0.2) is 17.2 Å². The first-order valence-corrected chi connectivity index (χ1v) is 13.3. The number of para-hydroxylation sites is 1. The third-order valence-corrected chi connectivity index (χ3v) is 9.29. The van der Waals surface area contributed by atoms with Gasteiger partial charge >= 0.3 is 0 Å². The molecule has 1 unspecified atom stereocenters. The van der Waals surface area contributed by atoms with Crippen LogP contribution in [0.2, 0.25) is 0 Å². The zero-order valence-electron chi connectivity index (χ0n) is 23.5. The zero-order chi connectivity index (χ0) is 29.5. The van der Waals surface area contributed by atoms with E-state index in [1.165, 1.54) is 6.07 Å². The van der Waals surface area contributed by atoms with E-state index >= 15 is 0 Å². The first-order chi connectivity index (χ1) is 18.7. The van der Waals surface area contributed by atoms with Crippen molar-refractivity contribution in [3.05, 3.63) is 64.4 Å². The molecule has 5 rings (SSSR count). The van der Waals surface area contributed by atoms with Crippen LogP contribution in [0.5, 0.6) is 11.5 Å². The number of hydrogen-bond donors (Lipinski definition) is 4. The summed E-state index contributed by atoms with van der Waals surface area (Å²) >= 11 is 0. The number of fused-ring (bicyclic) bond motifs is 3. The highest BCUT2D eigenvalue weighted by Gasteiger charge is 2.72. The molecule has 4 atom stereocenters. The summed E-state index contributed by atoms with van der Waals surface area (Å²) in [6.07, 6.45) is 0.218. The molecular formula is C32H34O8. The topological polar surface area (TPSA) is 141 Å². The number of benzene rings is 2. The molecule has 0 heterocycles. The van der Waals surface area contributed by atoms with Crippen molar-refractivity contribution in [1.29, 1.82) is 0 Å². The molecule has 1 saturated carbocycles. The summed E-state index contributed by atoms with van der Waals surface area (Å²) in [5, 5.41) is 46.0. The molecule has 0 amide bonds. The van der Waals surface area contributed by atoms with E-state index in [4.69, 9.17) is 4.74 Å². The minimum atomic E-state index is -2.63. The number of aromatic hydroxyl groups is 1. The highest BCUT2D eigenvalue weighted by molar-refractivity contribution is 6.24. The molecule has 40 heavy (non-hydrogen) atoms. The number of Topliss-reactive ketones (excluding diaryl/α,β-unsaturated/α-hetero) is 3. The molecule has 2 aromatic carbocycles. The number of allylic oxidation sites excluding steroid dienone is 1. The Balaban J connectivity index is 1.84. The van der Waals surface area contributed by atoms with Crippen molar-refractivity contribution in [1.82, 2.24) is 0 Å². The number of methoxy groups -OCH3 is 1. The number of carbonyl (C=O) groups is 3. The number of hydrogen-bond acceptors (Lipinski definition) is 8. The van der Waals surface area contributed by atoms with Crippen LogP contribution < -0.4 is 4.74 Å². The summed E-state index contributed by atoms with van der Waals surface area (Å²) < 4.78 is 5.57. The van der Waals surface area contributed by atoms with E-state index in [2.05, 4.69) is 0 Å². The highest BCUT2D eigenvalue weighted by Crippen LogP contribution is 2.65. The first kappa shape index (κ1) is 27.6. The largest absolute Gasteiger partial charge is 0.508 e. The minimum Gasteiger partial charge on any atom is -0.508 e. The standard InChI is InChI=1S/C32H34O8/c1-15(2)24-26(35)22(16(3)33)28(37)32(39)29(38)25-27(36)23-19(13-30(25,4)14-31(24,32)5)17(11-12-20(23)34)18-9-7-8-10-21(18)40-6/h7-12,15,24,34,36-37,39H,13-14H2,1-6H3/t24?,30-,31-,32+/m1/s1. The van der Waals surface area contributed by atoms with Crippen molar-refractivity contribution in [2.75, 3.05) is 7.11 Å². The predicted octanol–water partition coefficient (Wildman–Crippen LogP) is 4.87. The maximum Gasteiger partial charge on any atom is 0.203 e. The van der Waals surface area contributed by atoms with Crippen LogP contribution in [0.25, 0.3) is 16.9 Å². The molecule has 3 aliphatic rings. The number of ether oxygens (including phenoxy) is 1. The van der Waals surface area contributed by atoms with Crippen LogP contribution in [0.4, 0.5) is 0 Å². The van der Waals surface area contributed by atoms with Crippen LogP contribution >= 0.6 is 0 Å². The summed E-state index contributed by atoms with van der Waals surface area (Å²) in [4.78, 5) is 40.5. The van der Waals surface area contributed by atoms with Gasteiger partial charge in [0.05, 0.1) is 12.7 Å². The van der Waals surface area contributed by atoms with E-state index in [0.717, 1.165) is 12.5 Å². The van der Waals surface area contributed by atoms with E-state index in [-0.39, 0.29) is 35.6 Å². The van der Waals surface area contributed by atoms with E-state index in [9.17, 15) is 34.8 Å². The Morgan fingerprint density at radius 1 is 1.02 bits per heavy atom. The van der Waals surface area contributed by atoms with Crippen molar-refractivity contribution in [2.24, 2.45) is 22.7 Å². The number of carbonyl (C=O) groups excluding carboxylic acids is 3. The second kappa shape index (κ2) is 8.80. The zero-order valence-corrected chi connectivity index (χ0v) is 23.5. The van der Waals surface area contributed by atoms with Gasteiger partial charge in [0, 0.05) is 27.9 Å². The van der Waals surface area contributed by atoms with Gasteiger partial charge in [-0.05, 0) is 48.9 Å². The molecule has 0 aromatic heterocycles. The SMILES string of the molecule is COc1ccccc1-c1ccc(O)c2c1C[C@]1(C)C[C@]3(C)C(C(C)C)C(=O)C(C(C)=O)=C(O)[C@]3(O)C(=O)C1=C2O. The number of ketones is 3. The van der Waals surface area contributed by atoms with Gasteiger partial charge in [-0.1, -0.05) is 52.0 Å². The molecule has 0 radical (unpaired) electrons. The van der Waals surface area contributed by atoms with Crippen molar-refractivity contribution < 1.29 is 39.5 Å². The summed E-state index contributed by atoms with van der Waals surface area (Å²) in [6.45, 7) is 8.04. The molecule has 8 heteroatoms. The second-order valence-corrected chi connectivity index (χ2v) is 12.1. The van der Waals surface area contributed by atoms with Gasteiger partial charge in [-0.25, -0.2) is 0 Å². The molecule has 2 aromatic rings. The van der Waals surface area contributed by atoms with Gasteiger partial charge in [-0.15, -0.1) is 0 Å². The molecule has 0 spiro atoms. The van der Waals surface area contributed by atoms with Crippen molar-refractivity contribution in [3.8, 4) is 22.6 Å². The van der Waals surface area contributed by atoms with Gasteiger partial charge in [-0.2, -0.15) is 0 Å². The van der Waals surface area contributed by atoms with Crippen LogP contribution in [0.1, 0.15) is 52.2 Å². The molecule has 3 aliphatic carbocycles. The average Bonchev–Trinajstić information content (AvgIpc) is 2.86. The molecule has 4 N–H and O–H groups in total. The summed E-state index contributed by atoms with van der Waals surface area (Å²) in [5.41, 5.74) is -3.92. The van der Waals surface area contributed by atoms with Crippen LogP contribution in [-0.2, 0) is 20.8 Å². The van der Waals surface area contributed by atoms with E-state index in [1.54, 1.807) is 46.9 Å². The highest BCUT2D eigenvalue weighted by atomic mass is 16.5. The Morgan fingerprint density at radius 3 is 2.27 bits per heavy atom. The third-order valence-electron chi connectivity index (χ3n) is 9.29. The number of phenolic OH excluding ortho intramolecular Hbond substituents is 1. The lowest BCUT2D eigenvalue weighted by atomic mass is 9.43. The maximum absolute atomic E-state index is 14.4. The van der Waals surface area contributed by atoms with E-state index in [1.807, 2.05) is 18.2 Å². The lowest BCUT2D eigenvalue weighted by molar-refractivity contribution is -0.178. The lowest BCUT2D eigenvalue weighted by Crippen LogP contribution is -2.69. The van der Waals surface area contributed by atoms with Crippen molar-refractivity contribution in [2.45, 2.75) is 53.1 Å². The minimum absolute atomic E-state index is 0.0337. The number of phenols is 1. The summed E-state index contributed by atoms with van der Waals surface area (Å²) in [7, 11) is 1.55.